The summed E-state index contributed by atoms with van der Waals surface area (Å²) in [4.78, 5) is 11.7. The van der Waals surface area contributed by atoms with Crippen molar-refractivity contribution in [2.75, 3.05) is 0 Å². The van der Waals surface area contributed by atoms with Crippen molar-refractivity contribution in [3.63, 3.8) is 0 Å². The van der Waals surface area contributed by atoms with Crippen LogP contribution in [0.4, 0.5) is 0 Å². The number of hydrogen-bond donors (Lipinski definition) is 1. The van der Waals surface area contributed by atoms with E-state index in [-0.39, 0.29) is 0 Å². The van der Waals surface area contributed by atoms with Gasteiger partial charge in [-0.15, -0.1) is 11.3 Å². The van der Waals surface area contributed by atoms with Crippen LogP contribution >= 0.6 is 11.3 Å². The normalized spacial score (nSPS) is 10.3. The highest BCUT2D eigenvalue weighted by Gasteiger charge is 1.97. The molecule has 0 aromatic carbocycles. The first-order chi connectivity index (χ1) is 6.79. The van der Waals surface area contributed by atoms with E-state index in [0.29, 0.717) is 6.42 Å². The Morgan fingerprint density at radius 2 is 2.07 bits per heavy atom. The number of rotatable bonds is 7. The Bertz CT molecular complexity index is 254. The van der Waals surface area contributed by atoms with Crippen LogP contribution in [-0.2, 0) is 11.2 Å². The molecule has 1 N–H and O–H groups in total. The van der Waals surface area contributed by atoms with Gasteiger partial charge in [0.1, 0.15) is 0 Å². The first kappa shape index (κ1) is 11.2. The largest absolute Gasteiger partial charge is 0.481 e. The van der Waals surface area contributed by atoms with E-state index in [0.717, 1.165) is 25.7 Å². The van der Waals surface area contributed by atoms with Gasteiger partial charge in [0.15, 0.2) is 0 Å². The van der Waals surface area contributed by atoms with E-state index in [2.05, 4.69) is 17.5 Å². The van der Waals surface area contributed by atoms with Gasteiger partial charge in [-0.3, -0.25) is 4.79 Å². The highest BCUT2D eigenvalue weighted by atomic mass is 32.1. The lowest BCUT2D eigenvalue weighted by atomic mass is 10.1. The number of carbonyl (C=O) groups is 1. The quantitative estimate of drug-likeness (QED) is 0.704. The average molecular weight is 212 g/mol. The Morgan fingerprint density at radius 1 is 1.29 bits per heavy atom. The van der Waals surface area contributed by atoms with Crippen LogP contribution in [0, 0.1) is 0 Å². The van der Waals surface area contributed by atoms with Crippen LogP contribution in [0.5, 0.6) is 0 Å². The summed E-state index contributed by atoms with van der Waals surface area (Å²) in [6.45, 7) is 0. The second kappa shape index (κ2) is 6.60. The monoisotopic (exact) mass is 212 g/mol. The third-order valence-corrected chi connectivity index (χ3v) is 3.08. The Morgan fingerprint density at radius 3 is 2.71 bits per heavy atom. The number of hydrogen-bond acceptors (Lipinski definition) is 2. The average Bonchev–Trinajstić information content (AvgIpc) is 2.63. The minimum absolute atomic E-state index is 0.318. The van der Waals surface area contributed by atoms with Crippen LogP contribution in [0.1, 0.15) is 37.0 Å². The standard InChI is InChI=1S/C11H16O2S/c12-11(13)8-4-2-1-3-6-10-7-5-9-14-10/h5,7,9H,1-4,6,8H2,(H,12,13). The van der Waals surface area contributed by atoms with Gasteiger partial charge in [-0.05, 0) is 30.7 Å². The first-order valence-electron chi connectivity index (χ1n) is 5.03. The van der Waals surface area contributed by atoms with Crippen molar-refractivity contribution >= 4 is 17.3 Å². The van der Waals surface area contributed by atoms with Crippen molar-refractivity contribution in [1.82, 2.24) is 0 Å². The second-order valence-electron chi connectivity index (χ2n) is 3.39. The molecule has 78 valence electrons. The maximum Gasteiger partial charge on any atom is 0.303 e. The smallest absolute Gasteiger partial charge is 0.303 e. The Kier molecular flexibility index (Phi) is 5.30. The van der Waals surface area contributed by atoms with E-state index in [4.69, 9.17) is 5.11 Å². The van der Waals surface area contributed by atoms with Gasteiger partial charge >= 0.3 is 5.97 Å². The zero-order valence-corrected chi connectivity index (χ0v) is 9.05. The van der Waals surface area contributed by atoms with Gasteiger partial charge in [0.25, 0.3) is 0 Å². The summed E-state index contributed by atoms with van der Waals surface area (Å²) in [6, 6.07) is 4.23. The van der Waals surface area contributed by atoms with Crippen molar-refractivity contribution in [2.45, 2.75) is 38.5 Å². The van der Waals surface area contributed by atoms with E-state index in [1.165, 1.54) is 11.3 Å². The molecule has 0 saturated carbocycles. The zero-order valence-electron chi connectivity index (χ0n) is 8.24. The summed E-state index contributed by atoms with van der Waals surface area (Å²) in [5, 5.41) is 10.5. The minimum Gasteiger partial charge on any atom is -0.481 e. The van der Waals surface area contributed by atoms with E-state index in [9.17, 15) is 4.79 Å². The Hall–Kier alpha value is -0.830. The molecule has 0 radical (unpaired) electrons. The molecule has 1 aromatic rings. The molecule has 2 nitrogen and oxygen atoms in total. The number of carboxylic acid groups (broad SMARTS) is 1. The van der Waals surface area contributed by atoms with Crippen LogP contribution in [0.3, 0.4) is 0 Å². The van der Waals surface area contributed by atoms with Crippen molar-refractivity contribution in [3.8, 4) is 0 Å². The van der Waals surface area contributed by atoms with Crippen LogP contribution in [0.15, 0.2) is 17.5 Å². The molecule has 0 aliphatic carbocycles. The van der Waals surface area contributed by atoms with Crippen LogP contribution < -0.4 is 0 Å². The molecule has 0 bridgehead atoms. The molecule has 0 unspecified atom stereocenters. The van der Waals surface area contributed by atoms with E-state index < -0.39 is 5.97 Å². The summed E-state index contributed by atoms with van der Waals surface area (Å²) in [5.74, 6) is -0.678. The van der Waals surface area contributed by atoms with Gasteiger partial charge in [-0.1, -0.05) is 18.9 Å². The van der Waals surface area contributed by atoms with Gasteiger partial charge in [0.2, 0.25) is 0 Å². The van der Waals surface area contributed by atoms with Crippen LogP contribution in [-0.4, -0.2) is 11.1 Å². The lowest BCUT2D eigenvalue weighted by Gasteiger charge is -1.98. The predicted octanol–water partition coefficient (Wildman–Crippen LogP) is 3.33. The number of aryl methyl sites for hydroxylation is 1. The summed E-state index contributed by atoms with van der Waals surface area (Å²) in [7, 11) is 0. The van der Waals surface area contributed by atoms with E-state index in [1.807, 2.05) is 0 Å². The molecular formula is C11H16O2S. The molecule has 0 aliphatic heterocycles. The summed E-state index contributed by atoms with van der Waals surface area (Å²) >= 11 is 1.80. The second-order valence-corrected chi connectivity index (χ2v) is 4.42. The predicted molar refractivity (Wildman–Crippen MR) is 58.7 cm³/mol. The summed E-state index contributed by atoms with van der Waals surface area (Å²) in [5.41, 5.74) is 0. The molecule has 0 aliphatic rings. The summed E-state index contributed by atoms with van der Waals surface area (Å²) in [6.07, 6.45) is 5.65. The van der Waals surface area contributed by atoms with Gasteiger partial charge < -0.3 is 5.11 Å². The fourth-order valence-electron chi connectivity index (χ4n) is 1.38. The van der Waals surface area contributed by atoms with Crippen molar-refractivity contribution in [1.29, 1.82) is 0 Å². The molecular weight excluding hydrogens is 196 g/mol. The molecule has 0 atom stereocenters. The van der Waals surface area contributed by atoms with Gasteiger partial charge in [-0.25, -0.2) is 0 Å². The molecule has 0 saturated heterocycles. The lowest BCUT2D eigenvalue weighted by Crippen LogP contribution is -1.93. The van der Waals surface area contributed by atoms with Gasteiger partial charge in [0, 0.05) is 11.3 Å². The van der Waals surface area contributed by atoms with E-state index >= 15 is 0 Å². The number of thiophene rings is 1. The minimum atomic E-state index is -0.678. The topological polar surface area (TPSA) is 37.3 Å². The van der Waals surface area contributed by atoms with Crippen LogP contribution in [0.25, 0.3) is 0 Å². The molecule has 14 heavy (non-hydrogen) atoms. The van der Waals surface area contributed by atoms with Crippen molar-refractivity contribution in [3.05, 3.63) is 22.4 Å². The molecule has 1 aromatic heterocycles. The van der Waals surface area contributed by atoms with Gasteiger partial charge in [0.05, 0.1) is 0 Å². The number of unbranched alkanes of at least 4 members (excludes halogenated alkanes) is 3. The fourth-order valence-corrected chi connectivity index (χ4v) is 2.14. The molecule has 0 amide bonds. The fraction of sp³-hybridized carbons (Fsp3) is 0.545. The molecule has 0 fully saturated rings. The molecule has 3 heteroatoms. The van der Waals surface area contributed by atoms with Crippen LogP contribution in [0.2, 0.25) is 0 Å². The lowest BCUT2D eigenvalue weighted by molar-refractivity contribution is -0.137. The zero-order chi connectivity index (χ0) is 10.2. The molecule has 1 rings (SSSR count). The Balaban J connectivity index is 1.92. The SMILES string of the molecule is O=C(O)CCCCCCc1cccs1. The van der Waals surface area contributed by atoms with Crippen molar-refractivity contribution < 1.29 is 9.90 Å². The maximum absolute atomic E-state index is 10.2. The number of aliphatic carboxylic acids is 1. The first-order valence-corrected chi connectivity index (χ1v) is 5.91. The maximum atomic E-state index is 10.2. The number of carboxylic acids is 1. The molecule has 1 heterocycles. The highest BCUT2D eigenvalue weighted by molar-refractivity contribution is 7.09. The third-order valence-electron chi connectivity index (χ3n) is 2.14. The highest BCUT2D eigenvalue weighted by Crippen LogP contribution is 2.13. The molecule has 0 spiro atoms. The summed E-state index contributed by atoms with van der Waals surface area (Å²) < 4.78 is 0. The Labute approximate surface area is 88.6 Å². The van der Waals surface area contributed by atoms with Gasteiger partial charge in [-0.2, -0.15) is 0 Å². The van der Waals surface area contributed by atoms with E-state index in [1.54, 1.807) is 11.3 Å². The third kappa shape index (κ3) is 5.02. The van der Waals surface area contributed by atoms with Crippen molar-refractivity contribution in [2.24, 2.45) is 0 Å².